The Balaban J connectivity index is 1.63. The molecule has 0 radical (unpaired) electrons. The maximum absolute atomic E-state index is 5.66. The van der Waals surface area contributed by atoms with Crippen LogP contribution in [-0.4, -0.2) is 51.9 Å². The number of hydrogen-bond donors (Lipinski definition) is 1. The molecule has 0 saturated carbocycles. The molecular weight excluding hydrogens is 356 g/mol. The highest BCUT2D eigenvalue weighted by molar-refractivity contribution is 5.93. The number of piperazine rings is 1. The van der Waals surface area contributed by atoms with Crippen molar-refractivity contribution in [3.63, 3.8) is 0 Å². The number of nitrogens with zero attached hydrogens (tertiary/aromatic N) is 5. The van der Waals surface area contributed by atoms with Gasteiger partial charge >= 0.3 is 0 Å². The molecule has 8 heteroatoms. The maximum Gasteiger partial charge on any atom is 0.259 e. The minimum absolute atomic E-state index is 0.0840. The van der Waals surface area contributed by atoms with Gasteiger partial charge in [-0.15, -0.1) is 0 Å². The molecule has 1 fully saturated rings. The highest BCUT2D eigenvalue weighted by Crippen LogP contribution is 2.33. The molecule has 0 spiro atoms. The Labute approximate surface area is 161 Å². The van der Waals surface area contributed by atoms with Crippen LogP contribution in [0.2, 0.25) is 0 Å². The number of rotatable bonds is 3. The van der Waals surface area contributed by atoms with Crippen LogP contribution in [0.15, 0.2) is 45.4 Å². The summed E-state index contributed by atoms with van der Waals surface area (Å²) in [6.45, 7) is 4.58. The van der Waals surface area contributed by atoms with Gasteiger partial charge in [-0.2, -0.15) is 4.98 Å². The summed E-state index contributed by atoms with van der Waals surface area (Å²) in [4.78, 5) is 11.6. The second kappa shape index (κ2) is 6.81. The minimum Gasteiger partial charge on any atom is -0.335 e. The Hall–Kier alpha value is -3.10. The molecule has 4 aromatic rings. The van der Waals surface area contributed by atoms with Crippen molar-refractivity contribution >= 4 is 11.1 Å². The number of nitrogens with one attached hydrogen (secondary N) is 1. The van der Waals surface area contributed by atoms with Gasteiger partial charge in [0.05, 0.1) is 28.4 Å². The van der Waals surface area contributed by atoms with Crippen molar-refractivity contribution < 1.29 is 9.05 Å². The highest BCUT2D eigenvalue weighted by Gasteiger charge is 2.27. The molecule has 0 amide bonds. The average Bonchev–Trinajstić information content (AvgIpc) is 3.36. The van der Waals surface area contributed by atoms with Crippen LogP contribution in [0.3, 0.4) is 0 Å². The highest BCUT2D eigenvalue weighted by atomic mass is 16.5. The lowest BCUT2D eigenvalue weighted by Gasteiger charge is -2.30. The van der Waals surface area contributed by atoms with Gasteiger partial charge in [0.15, 0.2) is 5.82 Å². The van der Waals surface area contributed by atoms with Crippen LogP contribution in [0, 0.1) is 6.92 Å². The van der Waals surface area contributed by atoms with Gasteiger partial charge in [-0.3, -0.25) is 4.90 Å². The van der Waals surface area contributed by atoms with Crippen LogP contribution in [0.4, 0.5) is 0 Å². The van der Waals surface area contributed by atoms with Gasteiger partial charge in [-0.1, -0.05) is 40.6 Å². The first kappa shape index (κ1) is 17.0. The van der Waals surface area contributed by atoms with Crippen molar-refractivity contribution in [2.75, 3.05) is 26.7 Å². The topological polar surface area (TPSA) is 93.1 Å². The maximum atomic E-state index is 5.66. The number of aryl methyl sites for hydroxylation is 1. The van der Waals surface area contributed by atoms with Crippen LogP contribution < -0.4 is 5.32 Å². The average molecular weight is 376 g/mol. The van der Waals surface area contributed by atoms with Gasteiger partial charge in [-0.25, -0.2) is 4.98 Å². The Bertz CT molecular complexity index is 1120. The van der Waals surface area contributed by atoms with Crippen LogP contribution >= 0.6 is 0 Å². The summed E-state index contributed by atoms with van der Waals surface area (Å²) >= 11 is 0. The summed E-state index contributed by atoms with van der Waals surface area (Å²) in [5, 5.41) is 12.5. The monoisotopic (exact) mass is 376 g/mol. The smallest absolute Gasteiger partial charge is 0.259 e. The predicted octanol–water partition coefficient (Wildman–Crippen LogP) is 2.82. The second-order valence-electron chi connectivity index (χ2n) is 7.03. The number of aromatic nitrogens is 4. The Morgan fingerprint density at radius 3 is 2.79 bits per heavy atom. The molecule has 1 atom stereocenters. The lowest BCUT2D eigenvalue weighted by atomic mass is 10.1. The van der Waals surface area contributed by atoms with E-state index in [-0.39, 0.29) is 6.04 Å². The molecule has 1 N–H and O–H groups in total. The fraction of sp³-hybridized carbons (Fsp3) is 0.300. The van der Waals surface area contributed by atoms with E-state index in [9.17, 15) is 0 Å². The molecule has 142 valence electrons. The Morgan fingerprint density at radius 2 is 1.96 bits per heavy atom. The van der Waals surface area contributed by atoms with E-state index in [1.165, 1.54) is 0 Å². The quantitative estimate of drug-likeness (QED) is 0.583. The fourth-order valence-corrected chi connectivity index (χ4v) is 3.59. The van der Waals surface area contributed by atoms with Gasteiger partial charge in [0.2, 0.25) is 0 Å². The third kappa shape index (κ3) is 2.87. The van der Waals surface area contributed by atoms with E-state index in [0.717, 1.165) is 47.5 Å². The van der Waals surface area contributed by atoms with Crippen molar-refractivity contribution in [2.45, 2.75) is 13.0 Å². The van der Waals surface area contributed by atoms with Gasteiger partial charge in [0, 0.05) is 25.2 Å². The molecule has 1 aliphatic rings. The normalized spacial score (nSPS) is 18.0. The molecule has 0 aliphatic carbocycles. The first-order chi connectivity index (χ1) is 13.7. The van der Waals surface area contributed by atoms with E-state index in [4.69, 9.17) is 14.0 Å². The molecule has 1 unspecified atom stereocenters. The summed E-state index contributed by atoms with van der Waals surface area (Å²) < 4.78 is 11.1. The van der Waals surface area contributed by atoms with E-state index in [0.29, 0.717) is 17.4 Å². The van der Waals surface area contributed by atoms with Crippen molar-refractivity contribution in [2.24, 2.45) is 0 Å². The molecular formula is C20H20N6O2. The summed E-state index contributed by atoms with van der Waals surface area (Å²) in [5.41, 5.74) is 3.75. The number of pyridine rings is 1. The van der Waals surface area contributed by atoms with Crippen molar-refractivity contribution in [1.29, 1.82) is 0 Å². The zero-order valence-electron chi connectivity index (χ0n) is 15.7. The predicted molar refractivity (Wildman–Crippen MR) is 104 cm³/mol. The Morgan fingerprint density at radius 1 is 1.11 bits per heavy atom. The van der Waals surface area contributed by atoms with Gasteiger partial charge in [0.25, 0.3) is 11.6 Å². The molecule has 3 aromatic heterocycles. The molecule has 1 aliphatic heterocycles. The SMILES string of the molecule is Cc1noc2nc(-c3ccccc3)cc(-c3nc(C4CNCCN4C)no3)c12. The summed E-state index contributed by atoms with van der Waals surface area (Å²) in [6, 6.07) is 12.0. The van der Waals surface area contributed by atoms with E-state index in [1.54, 1.807) is 0 Å². The van der Waals surface area contributed by atoms with Gasteiger partial charge in [0.1, 0.15) is 0 Å². The molecule has 8 nitrogen and oxygen atoms in total. The third-order valence-corrected chi connectivity index (χ3v) is 5.17. The van der Waals surface area contributed by atoms with Crippen LogP contribution in [0.25, 0.3) is 33.8 Å². The van der Waals surface area contributed by atoms with Crippen molar-refractivity contribution in [1.82, 2.24) is 30.5 Å². The molecule has 1 aromatic carbocycles. The first-order valence-electron chi connectivity index (χ1n) is 9.28. The van der Waals surface area contributed by atoms with Gasteiger partial charge in [-0.05, 0) is 20.0 Å². The summed E-state index contributed by atoms with van der Waals surface area (Å²) in [5.74, 6) is 1.12. The zero-order chi connectivity index (χ0) is 19.1. The van der Waals surface area contributed by atoms with E-state index >= 15 is 0 Å². The molecule has 5 rings (SSSR count). The third-order valence-electron chi connectivity index (χ3n) is 5.17. The fourth-order valence-electron chi connectivity index (χ4n) is 3.59. The molecule has 1 saturated heterocycles. The number of hydrogen-bond acceptors (Lipinski definition) is 8. The van der Waals surface area contributed by atoms with Crippen molar-refractivity contribution in [3.8, 4) is 22.7 Å². The Kier molecular flexibility index (Phi) is 4.14. The van der Waals surface area contributed by atoms with Crippen LogP contribution in [-0.2, 0) is 0 Å². The van der Waals surface area contributed by atoms with Gasteiger partial charge < -0.3 is 14.4 Å². The largest absolute Gasteiger partial charge is 0.335 e. The zero-order valence-corrected chi connectivity index (χ0v) is 15.7. The number of benzene rings is 1. The molecule has 28 heavy (non-hydrogen) atoms. The standard InChI is InChI=1S/C20H20N6O2/c1-12-17-14(19-23-18(25-27-19)16-11-21-8-9-26(16)2)10-15(22-20(17)28-24-12)13-6-4-3-5-7-13/h3-7,10,16,21H,8-9,11H2,1-2H3. The number of likely N-dealkylation sites (N-methyl/N-ethyl adjacent to an activating group) is 1. The minimum atomic E-state index is 0.0840. The van der Waals surface area contributed by atoms with Crippen molar-refractivity contribution in [3.05, 3.63) is 47.9 Å². The van der Waals surface area contributed by atoms with E-state index in [1.807, 2.05) is 43.3 Å². The lowest BCUT2D eigenvalue weighted by molar-refractivity contribution is 0.190. The lowest BCUT2D eigenvalue weighted by Crippen LogP contribution is -2.44. The number of fused-ring (bicyclic) bond motifs is 1. The summed E-state index contributed by atoms with van der Waals surface area (Å²) in [7, 11) is 2.07. The van der Waals surface area contributed by atoms with Crippen LogP contribution in [0.1, 0.15) is 17.6 Å². The summed E-state index contributed by atoms with van der Waals surface area (Å²) in [6.07, 6.45) is 0. The molecule has 4 heterocycles. The van der Waals surface area contributed by atoms with E-state index in [2.05, 4.69) is 32.6 Å². The van der Waals surface area contributed by atoms with Crippen LogP contribution in [0.5, 0.6) is 0 Å². The second-order valence-corrected chi connectivity index (χ2v) is 7.03. The molecule has 0 bridgehead atoms. The first-order valence-corrected chi connectivity index (χ1v) is 9.28. The van der Waals surface area contributed by atoms with E-state index < -0.39 is 0 Å².